The van der Waals surface area contributed by atoms with Crippen molar-refractivity contribution in [2.24, 2.45) is 0 Å². The molecule has 2 heterocycles. The van der Waals surface area contributed by atoms with Crippen LogP contribution in [0.15, 0.2) is 40.8 Å². The Labute approximate surface area is 152 Å². The van der Waals surface area contributed by atoms with Crippen LogP contribution in [0.1, 0.15) is 54.6 Å². The molecule has 5 nitrogen and oxygen atoms in total. The van der Waals surface area contributed by atoms with E-state index < -0.39 is 0 Å². The fourth-order valence-corrected chi connectivity index (χ4v) is 3.53. The van der Waals surface area contributed by atoms with Crippen molar-refractivity contribution in [2.75, 3.05) is 0 Å². The van der Waals surface area contributed by atoms with Gasteiger partial charge >= 0.3 is 0 Å². The molecule has 0 saturated heterocycles. The molecule has 1 saturated carbocycles. The van der Waals surface area contributed by atoms with Crippen molar-refractivity contribution in [3.05, 3.63) is 47.7 Å². The van der Waals surface area contributed by atoms with Gasteiger partial charge in [0.15, 0.2) is 5.58 Å². The second-order valence-corrected chi connectivity index (χ2v) is 7.03. The van der Waals surface area contributed by atoms with Gasteiger partial charge in [0, 0.05) is 17.3 Å². The average molecular weight is 349 g/mol. The number of oxazole rings is 1. The van der Waals surface area contributed by atoms with E-state index in [1.807, 2.05) is 37.3 Å². The summed E-state index contributed by atoms with van der Waals surface area (Å²) in [6.45, 7) is 1.93. The number of hydrogen-bond acceptors (Lipinski definition) is 4. The topological polar surface area (TPSA) is 68.0 Å². The van der Waals surface area contributed by atoms with E-state index >= 15 is 0 Å². The lowest BCUT2D eigenvalue weighted by atomic mass is 10.1. The number of carbonyl (C=O) groups excluding carboxylic acids is 1. The second-order valence-electron chi connectivity index (χ2n) is 7.03. The van der Waals surface area contributed by atoms with E-state index in [1.165, 1.54) is 25.7 Å². The highest BCUT2D eigenvalue weighted by Gasteiger charge is 2.17. The minimum Gasteiger partial charge on any atom is -0.435 e. The van der Waals surface area contributed by atoms with Gasteiger partial charge in [-0.25, -0.2) is 9.97 Å². The van der Waals surface area contributed by atoms with Gasteiger partial charge in [-0.2, -0.15) is 0 Å². The maximum absolute atomic E-state index is 12.6. The van der Waals surface area contributed by atoms with Crippen LogP contribution in [0.4, 0.5) is 0 Å². The van der Waals surface area contributed by atoms with Gasteiger partial charge in [0.25, 0.3) is 5.91 Å². The summed E-state index contributed by atoms with van der Waals surface area (Å²) in [5.74, 6) is 0.440. The van der Waals surface area contributed by atoms with Gasteiger partial charge in [-0.05, 0) is 50.1 Å². The van der Waals surface area contributed by atoms with Crippen LogP contribution >= 0.6 is 0 Å². The van der Waals surface area contributed by atoms with Crippen LogP contribution in [0, 0.1) is 6.92 Å². The first-order valence-corrected chi connectivity index (χ1v) is 9.34. The normalized spacial score (nSPS) is 15.7. The van der Waals surface area contributed by atoms with Gasteiger partial charge in [0.1, 0.15) is 11.2 Å². The minimum atomic E-state index is -0.0366. The Bertz CT molecular complexity index is 924. The van der Waals surface area contributed by atoms with Crippen LogP contribution in [0.5, 0.6) is 0 Å². The van der Waals surface area contributed by atoms with Crippen molar-refractivity contribution >= 4 is 17.0 Å². The zero-order chi connectivity index (χ0) is 17.9. The molecule has 0 bridgehead atoms. The summed E-state index contributed by atoms with van der Waals surface area (Å²) < 4.78 is 5.86. The molecule has 0 aliphatic heterocycles. The molecule has 0 unspecified atom stereocenters. The molecule has 1 fully saturated rings. The second kappa shape index (κ2) is 7.28. The maximum Gasteiger partial charge on any atom is 0.251 e. The first kappa shape index (κ1) is 16.8. The summed E-state index contributed by atoms with van der Waals surface area (Å²) in [5.41, 5.74) is 3.56. The zero-order valence-electron chi connectivity index (χ0n) is 15.0. The number of fused-ring (bicyclic) bond motifs is 1. The van der Waals surface area contributed by atoms with Gasteiger partial charge in [-0.3, -0.25) is 4.79 Å². The Hall–Kier alpha value is -2.69. The number of pyridine rings is 1. The number of aromatic nitrogens is 2. The maximum atomic E-state index is 12.6. The summed E-state index contributed by atoms with van der Waals surface area (Å²) in [7, 11) is 0. The van der Waals surface area contributed by atoms with E-state index in [2.05, 4.69) is 15.3 Å². The fourth-order valence-electron chi connectivity index (χ4n) is 3.53. The summed E-state index contributed by atoms with van der Waals surface area (Å²) in [5, 5.41) is 3.17. The van der Waals surface area contributed by atoms with Crippen LogP contribution in [0.25, 0.3) is 22.7 Å². The van der Waals surface area contributed by atoms with E-state index in [0.717, 1.165) is 24.1 Å². The number of rotatable bonds is 3. The van der Waals surface area contributed by atoms with Crippen molar-refractivity contribution in [1.29, 1.82) is 0 Å². The molecular formula is C21H23N3O2. The number of carbonyl (C=O) groups is 1. The molecule has 26 heavy (non-hydrogen) atoms. The van der Waals surface area contributed by atoms with Crippen molar-refractivity contribution in [1.82, 2.24) is 15.3 Å². The lowest BCUT2D eigenvalue weighted by molar-refractivity contribution is 0.0933. The predicted molar refractivity (Wildman–Crippen MR) is 101 cm³/mol. The van der Waals surface area contributed by atoms with E-state index in [0.29, 0.717) is 22.7 Å². The third kappa shape index (κ3) is 3.62. The smallest absolute Gasteiger partial charge is 0.251 e. The standard InChI is InChI=1S/C21H23N3O2/c1-14-7-6-10-18(22-14)21-24-17-12-11-15(13-19(17)26-21)20(25)23-16-8-4-2-3-5-9-16/h6-7,10-13,16H,2-5,8-9H2,1H3,(H,23,25). The van der Waals surface area contributed by atoms with Crippen LogP contribution in [-0.2, 0) is 0 Å². The van der Waals surface area contributed by atoms with Crippen molar-refractivity contribution in [3.8, 4) is 11.6 Å². The van der Waals surface area contributed by atoms with Gasteiger partial charge in [0.05, 0.1) is 0 Å². The van der Waals surface area contributed by atoms with Gasteiger partial charge in [-0.15, -0.1) is 0 Å². The van der Waals surface area contributed by atoms with Crippen molar-refractivity contribution in [2.45, 2.75) is 51.5 Å². The lowest BCUT2D eigenvalue weighted by Gasteiger charge is -2.16. The lowest BCUT2D eigenvalue weighted by Crippen LogP contribution is -2.34. The molecule has 1 aliphatic rings. The van der Waals surface area contributed by atoms with Crippen molar-refractivity contribution in [3.63, 3.8) is 0 Å². The molecule has 1 N–H and O–H groups in total. The predicted octanol–water partition coefficient (Wildman–Crippen LogP) is 4.65. The van der Waals surface area contributed by atoms with Crippen LogP contribution in [0.3, 0.4) is 0 Å². The number of aryl methyl sites for hydroxylation is 1. The molecular weight excluding hydrogens is 326 g/mol. The van der Waals surface area contributed by atoms with Crippen LogP contribution < -0.4 is 5.32 Å². The zero-order valence-corrected chi connectivity index (χ0v) is 15.0. The number of hydrogen-bond donors (Lipinski definition) is 1. The molecule has 0 atom stereocenters. The number of amides is 1. The SMILES string of the molecule is Cc1cccc(-c2nc3ccc(C(=O)NC4CCCCCC4)cc3o2)n1. The molecule has 1 amide bonds. The average Bonchev–Trinajstić information content (AvgIpc) is 2.91. The third-order valence-electron chi connectivity index (χ3n) is 4.95. The third-order valence-corrected chi connectivity index (χ3v) is 4.95. The number of benzene rings is 1. The minimum absolute atomic E-state index is 0.0366. The van der Waals surface area contributed by atoms with Crippen LogP contribution in [-0.4, -0.2) is 21.9 Å². The Morgan fingerprint density at radius 3 is 2.65 bits per heavy atom. The van der Waals surface area contributed by atoms with E-state index in [9.17, 15) is 4.79 Å². The molecule has 4 rings (SSSR count). The monoisotopic (exact) mass is 349 g/mol. The molecule has 5 heteroatoms. The van der Waals surface area contributed by atoms with E-state index in [-0.39, 0.29) is 11.9 Å². The van der Waals surface area contributed by atoms with Gasteiger partial charge in [-0.1, -0.05) is 31.7 Å². The highest BCUT2D eigenvalue weighted by Crippen LogP contribution is 2.24. The highest BCUT2D eigenvalue weighted by atomic mass is 16.3. The Balaban J connectivity index is 1.56. The Morgan fingerprint density at radius 1 is 1.08 bits per heavy atom. The van der Waals surface area contributed by atoms with Crippen LogP contribution in [0.2, 0.25) is 0 Å². The van der Waals surface area contributed by atoms with Crippen molar-refractivity contribution < 1.29 is 9.21 Å². The summed E-state index contributed by atoms with van der Waals surface area (Å²) in [6, 6.07) is 11.4. The molecule has 1 aliphatic carbocycles. The van der Waals surface area contributed by atoms with Gasteiger partial charge in [0.2, 0.25) is 5.89 Å². The molecule has 0 spiro atoms. The molecule has 3 aromatic rings. The first-order chi connectivity index (χ1) is 12.7. The number of nitrogens with one attached hydrogen (secondary N) is 1. The summed E-state index contributed by atoms with van der Waals surface area (Å²) in [4.78, 5) is 21.5. The fraction of sp³-hybridized carbons (Fsp3) is 0.381. The Kier molecular flexibility index (Phi) is 4.69. The van der Waals surface area contributed by atoms with Gasteiger partial charge < -0.3 is 9.73 Å². The number of nitrogens with zero attached hydrogens (tertiary/aromatic N) is 2. The van der Waals surface area contributed by atoms with E-state index in [4.69, 9.17) is 4.42 Å². The molecule has 0 radical (unpaired) electrons. The molecule has 134 valence electrons. The summed E-state index contributed by atoms with van der Waals surface area (Å²) in [6.07, 6.45) is 7.06. The molecule has 1 aromatic carbocycles. The first-order valence-electron chi connectivity index (χ1n) is 9.34. The summed E-state index contributed by atoms with van der Waals surface area (Å²) >= 11 is 0. The van der Waals surface area contributed by atoms with E-state index in [1.54, 1.807) is 6.07 Å². The largest absolute Gasteiger partial charge is 0.435 e. The highest BCUT2D eigenvalue weighted by molar-refractivity contribution is 5.97. The molecule has 2 aromatic heterocycles. The Morgan fingerprint density at radius 2 is 1.88 bits per heavy atom. The quantitative estimate of drug-likeness (QED) is 0.699.